The molecule has 9 nitrogen and oxygen atoms in total. The first kappa shape index (κ1) is 25.1. The lowest BCUT2D eigenvalue weighted by Crippen LogP contribution is -2.49. The Balaban J connectivity index is 1.59. The Morgan fingerprint density at radius 2 is 1.91 bits per heavy atom. The number of methoxy groups -OCH3 is 1. The maximum absolute atomic E-state index is 13.3. The van der Waals surface area contributed by atoms with Crippen molar-refractivity contribution in [3.05, 3.63) is 65.5 Å². The lowest BCUT2D eigenvalue weighted by molar-refractivity contribution is -0.146. The van der Waals surface area contributed by atoms with E-state index in [9.17, 15) is 21.6 Å². The van der Waals surface area contributed by atoms with Crippen LogP contribution in [0.15, 0.2) is 48.5 Å². The third-order valence-electron chi connectivity index (χ3n) is 6.06. The van der Waals surface area contributed by atoms with Crippen LogP contribution in [0.1, 0.15) is 29.3 Å². The number of rotatable bonds is 7. The normalized spacial score (nSPS) is 19.6. The van der Waals surface area contributed by atoms with Crippen LogP contribution in [0.25, 0.3) is 5.69 Å². The number of hydrogen-bond acceptors (Lipinski definition) is 7. The molecule has 0 spiro atoms. The summed E-state index contributed by atoms with van der Waals surface area (Å²) >= 11 is 0. The van der Waals surface area contributed by atoms with Crippen molar-refractivity contribution < 1.29 is 26.3 Å². The molecule has 1 aromatic heterocycles. The summed E-state index contributed by atoms with van der Waals surface area (Å²) in [5.41, 5.74) is 1.76. The van der Waals surface area contributed by atoms with Gasteiger partial charge in [0.1, 0.15) is 5.75 Å². The van der Waals surface area contributed by atoms with E-state index in [0.29, 0.717) is 35.5 Å². The van der Waals surface area contributed by atoms with Crippen molar-refractivity contribution in [2.75, 3.05) is 26.5 Å². The molecule has 1 saturated heterocycles. The van der Waals surface area contributed by atoms with Gasteiger partial charge in [-0.05, 0) is 40.6 Å². The number of alkyl halides is 3. The van der Waals surface area contributed by atoms with Crippen LogP contribution >= 0.6 is 0 Å². The van der Waals surface area contributed by atoms with E-state index in [4.69, 9.17) is 4.74 Å². The van der Waals surface area contributed by atoms with Crippen LogP contribution in [0.2, 0.25) is 0 Å². The Kier molecular flexibility index (Phi) is 7.10. The summed E-state index contributed by atoms with van der Waals surface area (Å²) in [7, 11) is -1.86. The molecule has 3 aromatic rings. The number of piperidine rings is 1. The van der Waals surface area contributed by atoms with Crippen LogP contribution < -0.4 is 10.1 Å². The molecule has 35 heavy (non-hydrogen) atoms. The molecule has 0 amide bonds. The molecule has 1 N–H and O–H groups in total. The Morgan fingerprint density at radius 1 is 1.17 bits per heavy atom. The van der Waals surface area contributed by atoms with Gasteiger partial charge in [0.2, 0.25) is 10.0 Å². The summed E-state index contributed by atoms with van der Waals surface area (Å²) in [5, 5.41) is 13.2. The minimum atomic E-state index is -4.71. The van der Waals surface area contributed by atoms with Crippen LogP contribution in [-0.4, -0.2) is 65.4 Å². The smallest absolute Gasteiger partial charge is 0.453 e. The van der Waals surface area contributed by atoms with Gasteiger partial charge < -0.3 is 10.1 Å². The Morgan fingerprint density at radius 3 is 2.57 bits per heavy atom. The standard InChI is InChI=1S/C22H25F3N6O3S/c1-34-20-9-8-17(31-21(22(23,24)25)27-28-29-31)12-16(20)13-26-19-10-11-30(35(2,32)33)14-18(19)15-6-4-3-5-7-15/h3-9,12,18-19,26H,10-11,13-14H2,1-2H3/t18-,19-/m0/s1. The SMILES string of the molecule is COc1ccc(-n2nnnc2C(F)(F)F)cc1CN[C@H]1CCN(S(C)(=O)=O)C[C@H]1c1ccccc1. The number of benzene rings is 2. The van der Waals surface area contributed by atoms with Gasteiger partial charge in [-0.15, -0.1) is 5.10 Å². The lowest BCUT2D eigenvalue weighted by Gasteiger charge is -2.38. The van der Waals surface area contributed by atoms with Crippen LogP contribution in [-0.2, 0) is 22.7 Å². The van der Waals surface area contributed by atoms with Crippen LogP contribution in [0.4, 0.5) is 13.2 Å². The van der Waals surface area contributed by atoms with Crippen molar-refractivity contribution in [1.82, 2.24) is 29.8 Å². The van der Waals surface area contributed by atoms with Crippen molar-refractivity contribution in [3.8, 4) is 11.4 Å². The average molecular weight is 511 g/mol. The van der Waals surface area contributed by atoms with Crippen LogP contribution in [0.3, 0.4) is 0 Å². The Labute approximate surface area is 200 Å². The summed E-state index contributed by atoms with van der Waals surface area (Å²) in [6.07, 6.45) is -2.94. The second-order valence-corrected chi connectivity index (χ2v) is 10.3. The first-order chi connectivity index (χ1) is 16.6. The molecule has 13 heteroatoms. The summed E-state index contributed by atoms with van der Waals surface area (Å²) in [5.74, 6) is -0.836. The highest BCUT2D eigenvalue weighted by Gasteiger charge is 2.38. The predicted molar refractivity (Wildman–Crippen MR) is 122 cm³/mol. The highest BCUT2D eigenvalue weighted by molar-refractivity contribution is 7.88. The Hall–Kier alpha value is -3.03. The van der Waals surface area contributed by atoms with Crippen molar-refractivity contribution in [2.24, 2.45) is 0 Å². The molecule has 2 atom stereocenters. The molecule has 0 unspecified atom stereocenters. The number of aromatic nitrogens is 4. The van der Waals surface area contributed by atoms with E-state index < -0.39 is 22.0 Å². The molecule has 2 aromatic carbocycles. The largest absolute Gasteiger partial charge is 0.496 e. The van der Waals surface area contributed by atoms with E-state index in [0.717, 1.165) is 5.56 Å². The highest BCUT2D eigenvalue weighted by atomic mass is 32.2. The number of nitrogens with zero attached hydrogens (tertiary/aromatic N) is 5. The molecule has 188 valence electrons. The molecule has 1 aliphatic rings. The number of halogens is 3. The molecule has 2 heterocycles. The van der Waals surface area contributed by atoms with Gasteiger partial charge in [-0.25, -0.2) is 12.7 Å². The number of sulfonamides is 1. The van der Waals surface area contributed by atoms with E-state index in [-0.39, 0.29) is 24.2 Å². The van der Waals surface area contributed by atoms with Gasteiger partial charge in [0.25, 0.3) is 5.82 Å². The zero-order chi connectivity index (χ0) is 25.2. The van der Waals surface area contributed by atoms with Crippen LogP contribution in [0.5, 0.6) is 5.75 Å². The molecule has 0 aliphatic carbocycles. The predicted octanol–water partition coefficient (Wildman–Crippen LogP) is 2.60. The number of ether oxygens (including phenoxy) is 1. The second-order valence-electron chi connectivity index (χ2n) is 8.32. The van der Waals surface area contributed by atoms with Crippen molar-refractivity contribution in [3.63, 3.8) is 0 Å². The first-order valence-corrected chi connectivity index (χ1v) is 12.7. The molecule has 4 rings (SSSR count). The van der Waals surface area contributed by atoms with Gasteiger partial charge in [-0.3, -0.25) is 0 Å². The van der Waals surface area contributed by atoms with E-state index in [1.807, 2.05) is 30.3 Å². The van der Waals surface area contributed by atoms with Crippen molar-refractivity contribution in [1.29, 1.82) is 0 Å². The van der Waals surface area contributed by atoms with E-state index in [2.05, 4.69) is 20.8 Å². The van der Waals surface area contributed by atoms with Gasteiger partial charge in [0, 0.05) is 37.2 Å². The topological polar surface area (TPSA) is 102 Å². The molecule has 0 bridgehead atoms. The quantitative estimate of drug-likeness (QED) is 0.521. The fraction of sp³-hybridized carbons (Fsp3) is 0.409. The molecule has 1 fully saturated rings. The van der Waals surface area contributed by atoms with E-state index in [1.165, 1.54) is 23.7 Å². The molecular formula is C22H25F3N6O3S. The number of nitrogens with one attached hydrogen (secondary N) is 1. The summed E-state index contributed by atoms with van der Waals surface area (Å²) in [6, 6.07) is 14.1. The molecule has 0 saturated carbocycles. The second kappa shape index (κ2) is 9.91. The van der Waals surface area contributed by atoms with Gasteiger partial charge in [-0.1, -0.05) is 30.3 Å². The van der Waals surface area contributed by atoms with Gasteiger partial charge >= 0.3 is 6.18 Å². The fourth-order valence-corrected chi connectivity index (χ4v) is 5.19. The fourth-order valence-electron chi connectivity index (χ4n) is 4.32. The summed E-state index contributed by atoms with van der Waals surface area (Å²) in [6.45, 7) is 0.987. The summed E-state index contributed by atoms with van der Waals surface area (Å²) < 4.78 is 71.7. The zero-order valence-electron chi connectivity index (χ0n) is 19.1. The van der Waals surface area contributed by atoms with Gasteiger partial charge in [-0.2, -0.15) is 17.9 Å². The maximum atomic E-state index is 13.3. The zero-order valence-corrected chi connectivity index (χ0v) is 19.9. The summed E-state index contributed by atoms with van der Waals surface area (Å²) in [4.78, 5) is 0. The van der Waals surface area contributed by atoms with Crippen molar-refractivity contribution >= 4 is 10.0 Å². The first-order valence-electron chi connectivity index (χ1n) is 10.8. The third-order valence-corrected chi connectivity index (χ3v) is 7.33. The minimum absolute atomic E-state index is 0.0671. The lowest BCUT2D eigenvalue weighted by atomic mass is 9.86. The maximum Gasteiger partial charge on any atom is 0.453 e. The minimum Gasteiger partial charge on any atom is -0.496 e. The monoisotopic (exact) mass is 510 g/mol. The van der Waals surface area contributed by atoms with Crippen LogP contribution in [0, 0.1) is 0 Å². The molecular weight excluding hydrogens is 485 g/mol. The molecule has 0 radical (unpaired) electrons. The van der Waals surface area contributed by atoms with Gasteiger partial charge in [0.15, 0.2) is 0 Å². The third kappa shape index (κ3) is 5.63. The highest BCUT2D eigenvalue weighted by Crippen LogP contribution is 2.31. The number of tetrazole rings is 1. The van der Waals surface area contributed by atoms with E-state index in [1.54, 1.807) is 12.1 Å². The van der Waals surface area contributed by atoms with E-state index >= 15 is 0 Å². The van der Waals surface area contributed by atoms with Crippen molar-refractivity contribution in [2.45, 2.75) is 31.1 Å². The molecule has 1 aliphatic heterocycles. The number of hydrogen-bond donors (Lipinski definition) is 1. The van der Waals surface area contributed by atoms with Gasteiger partial charge in [0.05, 0.1) is 19.1 Å². The Bertz CT molecular complexity index is 1270. The average Bonchev–Trinajstić information content (AvgIpc) is 3.33.